The number of ether oxygens (including phenoxy) is 1. The van der Waals surface area contributed by atoms with Gasteiger partial charge in [0, 0.05) is 24.4 Å². The first-order valence-corrected chi connectivity index (χ1v) is 12.7. The smallest absolute Gasteiger partial charge is 0.409 e. The number of thiophene rings is 1. The number of amides is 2. The van der Waals surface area contributed by atoms with Crippen LogP contribution in [0.15, 0.2) is 21.7 Å². The number of aromatic nitrogens is 1. The van der Waals surface area contributed by atoms with Crippen LogP contribution in [-0.4, -0.2) is 60.8 Å². The molecule has 1 fully saturated rings. The fraction of sp³-hybridized carbons (Fsp3) is 0.500. The van der Waals surface area contributed by atoms with Crippen molar-refractivity contribution < 1.29 is 22.7 Å². The molecule has 2 aromatic heterocycles. The van der Waals surface area contributed by atoms with Crippen LogP contribution in [0.2, 0.25) is 0 Å². The van der Waals surface area contributed by atoms with Crippen LogP contribution in [0.3, 0.4) is 0 Å². The van der Waals surface area contributed by atoms with E-state index in [1.165, 1.54) is 22.8 Å². The maximum atomic E-state index is 13.0. The van der Waals surface area contributed by atoms with Gasteiger partial charge in [-0.3, -0.25) is 4.79 Å². The zero-order valence-corrected chi connectivity index (χ0v) is 18.8. The highest BCUT2D eigenvalue weighted by atomic mass is 32.2. The van der Waals surface area contributed by atoms with Gasteiger partial charge in [0.05, 0.1) is 19.3 Å². The summed E-state index contributed by atoms with van der Waals surface area (Å²) in [5.74, 6) is -0.370. The van der Waals surface area contributed by atoms with Crippen LogP contribution < -0.4 is 5.32 Å². The summed E-state index contributed by atoms with van der Waals surface area (Å²) in [6, 6.07) is 2.48. The summed E-state index contributed by atoms with van der Waals surface area (Å²) < 4.78 is 32.3. The highest BCUT2D eigenvalue weighted by Crippen LogP contribution is 2.31. The van der Waals surface area contributed by atoms with Gasteiger partial charge >= 0.3 is 6.09 Å². The van der Waals surface area contributed by atoms with Crippen molar-refractivity contribution in [2.45, 2.75) is 42.5 Å². The molecular weight excluding hydrogens is 448 g/mol. The summed E-state index contributed by atoms with van der Waals surface area (Å²) in [5.41, 5.74) is 0.849. The van der Waals surface area contributed by atoms with E-state index in [1.807, 2.05) is 0 Å². The summed E-state index contributed by atoms with van der Waals surface area (Å²) in [4.78, 5) is 31.7. The van der Waals surface area contributed by atoms with Gasteiger partial charge in [-0.2, -0.15) is 4.31 Å². The molecule has 9 nitrogen and oxygen atoms in total. The molecule has 1 unspecified atom stereocenters. The Morgan fingerprint density at radius 3 is 2.87 bits per heavy atom. The molecular formula is C18H22N4O5S3. The minimum atomic E-state index is -3.71. The Morgan fingerprint density at radius 2 is 2.13 bits per heavy atom. The number of nitrogens with zero attached hydrogens (tertiary/aromatic N) is 3. The lowest BCUT2D eigenvalue weighted by Crippen LogP contribution is -2.49. The predicted molar refractivity (Wildman–Crippen MR) is 113 cm³/mol. The number of anilines is 1. The average Bonchev–Trinajstić information content (AvgIpc) is 3.42. The Hall–Kier alpha value is -2.02. The average molecular weight is 471 g/mol. The molecule has 0 aromatic carbocycles. The second-order valence-electron chi connectivity index (χ2n) is 7.08. The Morgan fingerprint density at radius 1 is 1.30 bits per heavy atom. The van der Waals surface area contributed by atoms with Crippen molar-refractivity contribution in [2.75, 3.05) is 25.5 Å². The third-order valence-corrected chi connectivity index (χ3v) is 9.49. The molecule has 1 atom stereocenters. The van der Waals surface area contributed by atoms with Gasteiger partial charge in [-0.1, -0.05) is 23.8 Å². The summed E-state index contributed by atoms with van der Waals surface area (Å²) in [6.45, 7) is 1.21. The molecule has 2 amide bonds. The van der Waals surface area contributed by atoms with E-state index in [2.05, 4.69) is 10.3 Å². The zero-order chi connectivity index (χ0) is 21.3. The molecule has 4 heterocycles. The number of carbonyl (C=O) groups is 2. The Labute approximate surface area is 182 Å². The number of piperidine rings is 1. The number of nitrogens with one attached hydrogen (secondary N) is 1. The summed E-state index contributed by atoms with van der Waals surface area (Å²) in [6.07, 6.45) is 2.17. The first-order valence-electron chi connectivity index (χ1n) is 9.58. The largest absolute Gasteiger partial charge is 0.453 e. The highest BCUT2D eigenvalue weighted by Gasteiger charge is 2.38. The molecule has 1 saturated heterocycles. The molecule has 0 spiro atoms. The van der Waals surface area contributed by atoms with Crippen molar-refractivity contribution in [1.82, 2.24) is 14.2 Å². The SMILES string of the molecule is COC(=O)N1CCc2nc(NC(=O)C3CCCCN3S(=O)(=O)c3cccs3)sc2C1. The van der Waals surface area contributed by atoms with Crippen molar-refractivity contribution in [3.63, 3.8) is 0 Å². The summed E-state index contributed by atoms with van der Waals surface area (Å²) in [7, 11) is -2.37. The van der Waals surface area contributed by atoms with Crippen molar-refractivity contribution >= 4 is 49.8 Å². The van der Waals surface area contributed by atoms with E-state index in [9.17, 15) is 18.0 Å². The quantitative estimate of drug-likeness (QED) is 0.735. The first kappa shape index (κ1) is 21.2. The van der Waals surface area contributed by atoms with E-state index >= 15 is 0 Å². The van der Waals surface area contributed by atoms with Crippen molar-refractivity contribution in [3.8, 4) is 0 Å². The molecule has 12 heteroatoms. The van der Waals surface area contributed by atoms with E-state index in [-0.39, 0.29) is 10.1 Å². The molecule has 0 radical (unpaired) electrons. The fourth-order valence-corrected chi connectivity index (χ4v) is 7.51. The number of sulfonamides is 1. The fourth-order valence-electron chi connectivity index (χ4n) is 3.70. The highest BCUT2D eigenvalue weighted by molar-refractivity contribution is 7.91. The van der Waals surface area contributed by atoms with E-state index < -0.39 is 22.2 Å². The third kappa shape index (κ3) is 4.09. The van der Waals surface area contributed by atoms with E-state index in [1.54, 1.807) is 22.4 Å². The van der Waals surface area contributed by atoms with Crippen LogP contribution in [0, 0.1) is 0 Å². The Balaban J connectivity index is 1.49. The number of methoxy groups -OCH3 is 1. The Bertz CT molecular complexity index is 1030. The summed E-state index contributed by atoms with van der Waals surface area (Å²) >= 11 is 2.46. The second-order valence-corrected chi connectivity index (χ2v) is 11.2. The molecule has 2 aliphatic rings. The van der Waals surface area contributed by atoms with Gasteiger partial charge in [0.25, 0.3) is 10.0 Å². The number of fused-ring (bicyclic) bond motifs is 1. The van der Waals surface area contributed by atoms with Crippen LogP contribution in [-0.2, 0) is 32.5 Å². The molecule has 1 N–H and O–H groups in total. The maximum absolute atomic E-state index is 13.0. The van der Waals surface area contributed by atoms with Crippen LogP contribution >= 0.6 is 22.7 Å². The van der Waals surface area contributed by atoms with Crippen LogP contribution in [0.5, 0.6) is 0 Å². The lowest BCUT2D eigenvalue weighted by Gasteiger charge is -2.32. The van der Waals surface area contributed by atoms with Crippen LogP contribution in [0.4, 0.5) is 9.93 Å². The van der Waals surface area contributed by atoms with Gasteiger partial charge in [0.15, 0.2) is 5.13 Å². The van der Waals surface area contributed by atoms with Gasteiger partial charge < -0.3 is 15.0 Å². The molecule has 0 aliphatic carbocycles. The molecule has 4 rings (SSSR count). The topological polar surface area (TPSA) is 109 Å². The van der Waals surface area contributed by atoms with E-state index in [0.717, 1.165) is 34.7 Å². The number of hydrogen-bond donors (Lipinski definition) is 1. The lowest BCUT2D eigenvalue weighted by molar-refractivity contribution is -0.120. The van der Waals surface area contributed by atoms with Gasteiger partial charge in [0.2, 0.25) is 5.91 Å². The monoisotopic (exact) mass is 470 g/mol. The van der Waals surface area contributed by atoms with Gasteiger partial charge in [-0.25, -0.2) is 18.2 Å². The normalized spacial score (nSPS) is 19.9. The number of hydrogen-bond acceptors (Lipinski definition) is 8. The molecule has 2 aromatic rings. The Kier molecular flexibility index (Phi) is 6.09. The van der Waals surface area contributed by atoms with Crippen LogP contribution in [0.1, 0.15) is 29.8 Å². The van der Waals surface area contributed by atoms with E-state index in [4.69, 9.17) is 4.74 Å². The minimum absolute atomic E-state index is 0.245. The first-order chi connectivity index (χ1) is 14.4. The van der Waals surface area contributed by atoms with Gasteiger partial charge in [-0.05, 0) is 24.3 Å². The van der Waals surface area contributed by atoms with E-state index in [0.29, 0.717) is 37.6 Å². The summed E-state index contributed by atoms with van der Waals surface area (Å²) in [5, 5.41) is 4.94. The molecule has 0 bridgehead atoms. The van der Waals surface area contributed by atoms with Crippen molar-refractivity contribution in [1.29, 1.82) is 0 Å². The van der Waals surface area contributed by atoms with Gasteiger partial charge in [-0.15, -0.1) is 11.3 Å². The third-order valence-electron chi connectivity index (χ3n) is 5.21. The molecule has 2 aliphatic heterocycles. The number of thiazole rings is 1. The predicted octanol–water partition coefficient (Wildman–Crippen LogP) is 2.51. The standard InChI is InChI=1S/C18H22N4O5S3/c1-27-18(24)21-9-7-12-14(11-21)29-17(19-12)20-16(23)13-5-2-3-8-22(13)30(25,26)15-6-4-10-28-15/h4,6,10,13H,2-3,5,7-9,11H2,1H3,(H,19,20,23). The van der Waals surface area contributed by atoms with Crippen molar-refractivity contribution in [2.24, 2.45) is 0 Å². The minimum Gasteiger partial charge on any atom is -0.453 e. The lowest BCUT2D eigenvalue weighted by atomic mass is 10.0. The molecule has 162 valence electrons. The second kappa shape index (κ2) is 8.61. The zero-order valence-electron chi connectivity index (χ0n) is 16.4. The molecule has 0 saturated carbocycles. The maximum Gasteiger partial charge on any atom is 0.409 e. The van der Waals surface area contributed by atoms with Crippen LogP contribution in [0.25, 0.3) is 0 Å². The van der Waals surface area contributed by atoms with Gasteiger partial charge in [0.1, 0.15) is 10.3 Å². The van der Waals surface area contributed by atoms with Crippen molar-refractivity contribution in [3.05, 3.63) is 28.1 Å². The molecule has 30 heavy (non-hydrogen) atoms. The number of carbonyl (C=O) groups excluding carboxylic acids is 2. The number of rotatable bonds is 4.